The molecule has 1 aromatic carbocycles. The summed E-state index contributed by atoms with van der Waals surface area (Å²) in [6.07, 6.45) is 1.58. The van der Waals surface area contributed by atoms with Gasteiger partial charge in [-0.25, -0.2) is 0 Å². The zero-order valence-corrected chi connectivity index (χ0v) is 14.0. The molecular weight excluding hydrogens is 308 g/mol. The van der Waals surface area contributed by atoms with Crippen LogP contribution in [0.5, 0.6) is 5.75 Å². The second-order valence-electron chi connectivity index (χ2n) is 5.98. The van der Waals surface area contributed by atoms with Gasteiger partial charge in [-0.15, -0.1) is 0 Å². The number of esters is 1. The normalized spacial score (nSPS) is 17.8. The molecule has 0 aliphatic carbocycles. The Morgan fingerprint density at radius 2 is 2.17 bits per heavy atom. The highest BCUT2D eigenvalue weighted by Gasteiger charge is 2.30. The fraction of sp³-hybridized carbons (Fsp3) is 0.444. The van der Waals surface area contributed by atoms with E-state index in [4.69, 9.17) is 9.47 Å². The molecule has 24 heavy (non-hydrogen) atoms. The molecule has 6 heteroatoms. The zero-order chi connectivity index (χ0) is 17.1. The van der Waals surface area contributed by atoms with E-state index in [0.717, 1.165) is 29.5 Å². The smallest absolute Gasteiger partial charge is 0.310 e. The van der Waals surface area contributed by atoms with Crippen molar-refractivity contribution in [2.75, 3.05) is 26.8 Å². The number of likely N-dealkylation sites (tertiary alicyclic amines) is 1. The van der Waals surface area contributed by atoms with Gasteiger partial charge in [0.1, 0.15) is 11.4 Å². The first-order valence-electron chi connectivity index (χ1n) is 8.25. The molecule has 1 amide bonds. The number of carbonyl (C=O) groups is 2. The Morgan fingerprint density at radius 3 is 2.92 bits per heavy atom. The Hall–Kier alpha value is -2.50. The summed E-state index contributed by atoms with van der Waals surface area (Å²) in [5, 5.41) is 0.927. The fourth-order valence-corrected chi connectivity index (χ4v) is 3.14. The molecule has 0 saturated carbocycles. The van der Waals surface area contributed by atoms with Crippen LogP contribution >= 0.6 is 0 Å². The van der Waals surface area contributed by atoms with Crippen LogP contribution in [0.2, 0.25) is 0 Å². The van der Waals surface area contributed by atoms with E-state index in [0.29, 0.717) is 25.4 Å². The maximum Gasteiger partial charge on any atom is 0.310 e. The number of H-pyrrole nitrogens is 1. The monoisotopic (exact) mass is 330 g/mol. The number of piperidine rings is 1. The molecule has 1 aliphatic rings. The Morgan fingerprint density at radius 1 is 1.33 bits per heavy atom. The first-order valence-corrected chi connectivity index (χ1v) is 8.25. The van der Waals surface area contributed by atoms with E-state index in [1.54, 1.807) is 18.9 Å². The molecule has 0 bridgehead atoms. The van der Waals surface area contributed by atoms with Gasteiger partial charge in [-0.2, -0.15) is 0 Å². The molecule has 1 aliphatic heterocycles. The highest BCUT2D eigenvalue weighted by atomic mass is 16.5. The first kappa shape index (κ1) is 16.4. The molecule has 6 nitrogen and oxygen atoms in total. The van der Waals surface area contributed by atoms with Crippen molar-refractivity contribution in [1.29, 1.82) is 0 Å². The predicted octanol–water partition coefficient (Wildman–Crippen LogP) is 2.59. The molecule has 3 rings (SSSR count). The second kappa shape index (κ2) is 6.95. The third-order valence-electron chi connectivity index (χ3n) is 4.39. The van der Waals surface area contributed by atoms with Crippen molar-refractivity contribution in [3.8, 4) is 5.75 Å². The van der Waals surface area contributed by atoms with E-state index >= 15 is 0 Å². The number of hydrogen-bond acceptors (Lipinski definition) is 4. The molecule has 1 aromatic heterocycles. The Balaban J connectivity index is 1.77. The highest BCUT2D eigenvalue weighted by molar-refractivity contribution is 5.98. The molecule has 2 aromatic rings. The van der Waals surface area contributed by atoms with Gasteiger partial charge in [0.05, 0.1) is 19.6 Å². The Labute approximate surface area is 140 Å². The van der Waals surface area contributed by atoms with Gasteiger partial charge in [0.15, 0.2) is 0 Å². The summed E-state index contributed by atoms with van der Waals surface area (Å²) in [5.74, 6) is 0.225. The lowest BCUT2D eigenvalue weighted by molar-refractivity contribution is -0.149. The minimum Gasteiger partial charge on any atom is -0.497 e. The van der Waals surface area contributed by atoms with Crippen molar-refractivity contribution in [3.05, 3.63) is 30.0 Å². The number of ether oxygens (including phenoxy) is 2. The number of aromatic nitrogens is 1. The van der Waals surface area contributed by atoms with Gasteiger partial charge in [-0.3, -0.25) is 9.59 Å². The number of nitrogens with zero attached hydrogens (tertiary/aromatic N) is 1. The summed E-state index contributed by atoms with van der Waals surface area (Å²) in [4.78, 5) is 29.6. The fourth-order valence-electron chi connectivity index (χ4n) is 3.14. The van der Waals surface area contributed by atoms with Crippen molar-refractivity contribution in [2.24, 2.45) is 5.92 Å². The van der Waals surface area contributed by atoms with Gasteiger partial charge in [0, 0.05) is 24.0 Å². The molecule has 1 N–H and O–H groups in total. The van der Waals surface area contributed by atoms with Crippen molar-refractivity contribution in [1.82, 2.24) is 9.88 Å². The van der Waals surface area contributed by atoms with Crippen molar-refractivity contribution < 1.29 is 19.1 Å². The minimum atomic E-state index is -0.230. The number of carbonyl (C=O) groups excluding carboxylic acids is 2. The van der Waals surface area contributed by atoms with Crippen LogP contribution in [0.25, 0.3) is 10.9 Å². The summed E-state index contributed by atoms with van der Waals surface area (Å²) >= 11 is 0. The lowest BCUT2D eigenvalue weighted by Crippen LogP contribution is -2.42. The van der Waals surface area contributed by atoms with E-state index in [-0.39, 0.29) is 17.8 Å². The van der Waals surface area contributed by atoms with Crippen LogP contribution in [0.15, 0.2) is 24.3 Å². The molecule has 1 unspecified atom stereocenters. The number of rotatable bonds is 4. The van der Waals surface area contributed by atoms with Crippen molar-refractivity contribution in [2.45, 2.75) is 19.8 Å². The molecule has 0 radical (unpaired) electrons. The Kier molecular flexibility index (Phi) is 4.74. The summed E-state index contributed by atoms with van der Waals surface area (Å²) in [7, 11) is 1.61. The van der Waals surface area contributed by atoms with Crippen LogP contribution in [0.3, 0.4) is 0 Å². The van der Waals surface area contributed by atoms with Gasteiger partial charge in [-0.1, -0.05) is 0 Å². The molecular formula is C18H22N2O4. The number of benzene rings is 1. The number of hydrogen-bond donors (Lipinski definition) is 1. The predicted molar refractivity (Wildman–Crippen MR) is 90.1 cm³/mol. The number of amides is 1. The Bertz CT molecular complexity index is 753. The topological polar surface area (TPSA) is 71.6 Å². The number of methoxy groups -OCH3 is 1. The van der Waals surface area contributed by atoms with Crippen LogP contribution in [0.1, 0.15) is 30.3 Å². The standard InChI is InChI=1S/C18H22N2O4/c1-3-24-18(22)12-5-4-8-20(11-12)17(21)16-10-13-9-14(23-2)6-7-15(13)19-16/h6-7,9-10,12,19H,3-5,8,11H2,1-2H3. The molecule has 0 spiro atoms. The number of nitrogens with one attached hydrogen (secondary N) is 1. The van der Waals surface area contributed by atoms with Gasteiger partial charge < -0.3 is 19.4 Å². The third kappa shape index (κ3) is 3.22. The SMILES string of the molecule is CCOC(=O)C1CCCN(C(=O)c2cc3cc(OC)ccc3[nH]2)C1. The highest BCUT2D eigenvalue weighted by Crippen LogP contribution is 2.24. The van der Waals surface area contributed by atoms with E-state index in [1.807, 2.05) is 24.3 Å². The van der Waals surface area contributed by atoms with E-state index in [9.17, 15) is 9.59 Å². The summed E-state index contributed by atoms with van der Waals surface area (Å²) < 4.78 is 10.3. The zero-order valence-electron chi connectivity index (χ0n) is 14.0. The number of aromatic amines is 1. The van der Waals surface area contributed by atoms with Gasteiger partial charge >= 0.3 is 5.97 Å². The first-order chi connectivity index (χ1) is 11.6. The lowest BCUT2D eigenvalue weighted by atomic mass is 9.98. The summed E-state index contributed by atoms with van der Waals surface area (Å²) in [5.41, 5.74) is 1.42. The lowest BCUT2D eigenvalue weighted by Gasteiger charge is -2.31. The van der Waals surface area contributed by atoms with Gasteiger partial charge in [-0.05, 0) is 44.0 Å². The van der Waals surface area contributed by atoms with Crippen LogP contribution < -0.4 is 4.74 Å². The van der Waals surface area contributed by atoms with Crippen LogP contribution in [0, 0.1) is 5.92 Å². The summed E-state index contributed by atoms with van der Waals surface area (Å²) in [6, 6.07) is 7.46. The molecule has 1 saturated heterocycles. The quantitative estimate of drug-likeness (QED) is 0.875. The molecule has 128 valence electrons. The van der Waals surface area contributed by atoms with Crippen molar-refractivity contribution in [3.63, 3.8) is 0 Å². The van der Waals surface area contributed by atoms with Gasteiger partial charge in [0.25, 0.3) is 5.91 Å². The minimum absolute atomic E-state index is 0.0841. The molecule has 1 fully saturated rings. The van der Waals surface area contributed by atoms with Crippen LogP contribution in [0.4, 0.5) is 0 Å². The van der Waals surface area contributed by atoms with Crippen molar-refractivity contribution >= 4 is 22.8 Å². The second-order valence-corrected chi connectivity index (χ2v) is 5.98. The van der Waals surface area contributed by atoms with E-state index in [1.165, 1.54) is 0 Å². The third-order valence-corrected chi connectivity index (χ3v) is 4.39. The summed E-state index contributed by atoms with van der Waals surface area (Å²) in [6.45, 7) is 3.24. The van der Waals surface area contributed by atoms with Crippen LogP contribution in [-0.2, 0) is 9.53 Å². The average Bonchev–Trinajstić information content (AvgIpc) is 3.04. The average molecular weight is 330 g/mol. The van der Waals surface area contributed by atoms with Gasteiger partial charge in [0.2, 0.25) is 0 Å². The maximum absolute atomic E-state index is 12.8. The van der Waals surface area contributed by atoms with E-state index < -0.39 is 0 Å². The molecule has 1 atom stereocenters. The van der Waals surface area contributed by atoms with E-state index in [2.05, 4.69) is 4.98 Å². The largest absolute Gasteiger partial charge is 0.497 e. The maximum atomic E-state index is 12.8. The number of fused-ring (bicyclic) bond motifs is 1. The van der Waals surface area contributed by atoms with Crippen LogP contribution in [-0.4, -0.2) is 48.6 Å². The molecule has 2 heterocycles.